The van der Waals surface area contributed by atoms with Crippen LogP contribution >= 0.6 is 35.9 Å². The van der Waals surface area contributed by atoms with E-state index in [1.807, 2.05) is 67.9 Å². The molecule has 0 radical (unpaired) electrons. The molecule has 27 nitrogen and oxygen atoms in total. The van der Waals surface area contributed by atoms with Gasteiger partial charge in [0.2, 0.25) is 0 Å². The summed E-state index contributed by atoms with van der Waals surface area (Å²) in [5.41, 5.74) is 13.6. The maximum Gasteiger partial charge on any atom is 0.407 e. The summed E-state index contributed by atoms with van der Waals surface area (Å²) in [6.45, 7) is 30.6. The molecule has 522 valence electrons. The van der Waals surface area contributed by atoms with E-state index in [0.29, 0.717) is 64.1 Å². The van der Waals surface area contributed by atoms with Crippen molar-refractivity contribution in [2.45, 2.75) is 232 Å². The van der Waals surface area contributed by atoms with Gasteiger partial charge in [-0.25, -0.2) is 19.2 Å². The lowest BCUT2D eigenvalue weighted by Crippen LogP contribution is -2.37. The van der Waals surface area contributed by atoms with Crippen LogP contribution in [0.3, 0.4) is 0 Å². The molecule has 0 saturated carbocycles. The van der Waals surface area contributed by atoms with Crippen molar-refractivity contribution in [3.05, 3.63) is 0 Å². The third kappa shape index (κ3) is 64.2. The minimum absolute atomic E-state index is 0. The van der Waals surface area contributed by atoms with Gasteiger partial charge in [0.25, 0.3) is 0 Å². The summed E-state index contributed by atoms with van der Waals surface area (Å²) in [6, 6.07) is -1.74. The highest BCUT2D eigenvalue weighted by Crippen LogP contribution is 2.19. The molecule has 10 unspecified atom stereocenters. The minimum atomic E-state index is -1.05. The van der Waals surface area contributed by atoms with E-state index in [0.717, 1.165) is 19.3 Å². The number of carboxylic acid groups (broad SMARTS) is 3. The fraction of sp³-hybridized carbons (Fsp3) is 0.845. The second-order valence-electron chi connectivity index (χ2n) is 24.8. The van der Waals surface area contributed by atoms with E-state index in [1.54, 1.807) is 78.9 Å². The standard InChI is InChI=1S/C14H27NO4.C13H25NO5.C13H25NO4S.C12H24N2O4S.C6H14N2O3.ClH/c1-10(7-8-11(2)12(16)18-6)9-15-13(17)19-14(3,4)5;1-9(11(16)18-5)6-7-10(15)8-14-12(17)19-13(2,3)4;1-9(11(15)16)6-7-10(19-5)8-14-12(17)18-13(2,3)4;1-12(2,3)18-11(17)14-7-8(19-4)5-6-9(13)10(15)16;7-3-4(9)1-2-5(8)6(10)11;/h10-11H,7-9H2,1-6H3,(H,15,17);9-10,15H,6-8H2,1-5H3,(H,14,17);9-10H,6-8H2,1-5H3,(H,14,17)(H,15,16);8-9H,5-7,13H2,1-4H3,(H,14,17)(H,15,16);4-5,9H,1-3,7-8H2,(H,10,11);1H. The summed E-state index contributed by atoms with van der Waals surface area (Å²) in [4.78, 5) is 99.6. The van der Waals surface area contributed by atoms with E-state index in [9.17, 15) is 48.3 Å². The molecule has 88 heavy (non-hydrogen) atoms. The van der Waals surface area contributed by atoms with Crippen molar-refractivity contribution in [1.82, 2.24) is 21.3 Å². The van der Waals surface area contributed by atoms with Crippen molar-refractivity contribution in [1.29, 1.82) is 0 Å². The van der Waals surface area contributed by atoms with Crippen LogP contribution < -0.4 is 38.5 Å². The molecular weight excluding hydrogens is 1210 g/mol. The van der Waals surface area contributed by atoms with Crippen LogP contribution in [0.4, 0.5) is 19.2 Å². The number of alkyl carbamates (subject to hydrolysis) is 4. The molecule has 0 aromatic rings. The van der Waals surface area contributed by atoms with Crippen LogP contribution in [0.2, 0.25) is 0 Å². The first-order valence-electron chi connectivity index (χ1n) is 29.0. The monoisotopic (exact) mass is 1330 g/mol. The summed E-state index contributed by atoms with van der Waals surface area (Å²) in [5.74, 6) is -3.74. The molecule has 0 spiro atoms. The number of rotatable bonds is 31. The van der Waals surface area contributed by atoms with Crippen LogP contribution in [-0.4, -0.2) is 196 Å². The second-order valence-corrected chi connectivity index (χ2v) is 27.0. The average molecular weight is 1330 g/mol. The smallest absolute Gasteiger partial charge is 0.407 e. The Hall–Kier alpha value is -4.78. The van der Waals surface area contributed by atoms with Crippen LogP contribution in [0.5, 0.6) is 0 Å². The van der Waals surface area contributed by atoms with Crippen molar-refractivity contribution in [3.63, 3.8) is 0 Å². The lowest BCUT2D eigenvalue weighted by molar-refractivity contribution is -0.146. The highest BCUT2D eigenvalue weighted by molar-refractivity contribution is 7.99. The molecule has 30 heteroatoms. The number of aliphatic hydroxyl groups is 2. The number of carbonyl (C=O) groups is 9. The Kier molecular flexibility index (Phi) is 54.6. The molecule has 10 atom stereocenters. The molecule has 0 aliphatic heterocycles. The third-order valence-corrected chi connectivity index (χ3v) is 13.5. The highest BCUT2D eigenvalue weighted by Gasteiger charge is 2.23. The number of amides is 4. The Labute approximate surface area is 538 Å². The maximum atomic E-state index is 11.5. The van der Waals surface area contributed by atoms with Crippen molar-refractivity contribution < 1.29 is 97.1 Å². The largest absolute Gasteiger partial charge is 0.481 e. The van der Waals surface area contributed by atoms with E-state index in [-0.39, 0.29) is 72.1 Å². The number of thioether (sulfide) groups is 2. The molecule has 4 amide bonds. The van der Waals surface area contributed by atoms with E-state index in [1.165, 1.54) is 14.2 Å². The highest BCUT2D eigenvalue weighted by atomic mass is 35.5. The Morgan fingerprint density at radius 1 is 0.420 bits per heavy atom. The van der Waals surface area contributed by atoms with Gasteiger partial charge in [0.05, 0.1) is 44.2 Å². The fourth-order valence-corrected chi connectivity index (χ4v) is 7.44. The predicted molar refractivity (Wildman–Crippen MR) is 346 cm³/mol. The van der Waals surface area contributed by atoms with Gasteiger partial charge in [-0.3, -0.25) is 24.0 Å². The zero-order chi connectivity index (χ0) is 69.1. The van der Waals surface area contributed by atoms with Gasteiger partial charge in [0.1, 0.15) is 34.5 Å². The van der Waals surface area contributed by atoms with E-state index >= 15 is 0 Å². The van der Waals surface area contributed by atoms with Gasteiger partial charge in [-0.1, -0.05) is 27.7 Å². The molecular formula is C58H116ClN7O20S2. The summed E-state index contributed by atoms with van der Waals surface area (Å²) in [6.07, 6.45) is 6.15. The van der Waals surface area contributed by atoms with Crippen LogP contribution in [-0.2, 0) is 52.4 Å². The summed E-state index contributed by atoms with van der Waals surface area (Å²) in [7, 11) is 2.73. The molecule has 0 aliphatic rings. The number of esters is 2. The molecule has 0 heterocycles. The Bertz CT molecular complexity index is 1840. The van der Waals surface area contributed by atoms with Crippen molar-refractivity contribution in [2.24, 2.45) is 40.9 Å². The number of aliphatic hydroxyl groups excluding tert-OH is 2. The van der Waals surface area contributed by atoms with Gasteiger partial charge in [0.15, 0.2) is 0 Å². The normalized spacial score (nSPS) is 14.5. The molecule has 0 bridgehead atoms. The third-order valence-electron chi connectivity index (χ3n) is 11.4. The number of methoxy groups -OCH3 is 2. The number of hydrogen-bond acceptors (Lipinski definition) is 22. The SMILES string of the molecule is COC(=O)C(C)CCC(C)CNC(=O)OC(C)(C)C.COC(=O)C(C)CCC(O)CNC(=O)OC(C)(C)C.CSC(CCC(C)C(=O)O)CNC(=O)OC(C)(C)C.CSC(CCC(N)C(=O)O)CNC(=O)OC(C)(C)C.Cl.NCC(O)CCC(N)C(=O)O. The Morgan fingerprint density at radius 3 is 1.00 bits per heavy atom. The van der Waals surface area contributed by atoms with Crippen LogP contribution in [0.1, 0.15) is 175 Å². The molecule has 0 rings (SSSR count). The van der Waals surface area contributed by atoms with Crippen LogP contribution in [0.15, 0.2) is 0 Å². The topological polar surface area (TPSA) is 436 Å². The number of carboxylic acids is 3. The number of ether oxygens (including phenoxy) is 6. The van der Waals surface area contributed by atoms with E-state index in [2.05, 4.69) is 30.7 Å². The van der Waals surface area contributed by atoms with Crippen LogP contribution in [0, 0.1) is 23.7 Å². The van der Waals surface area contributed by atoms with E-state index < -0.39 is 89.0 Å². The molecule has 0 saturated heterocycles. The van der Waals surface area contributed by atoms with Crippen LogP contribution in [0.25, 0.3) is 0 Å². The van der Waals surface area contributed by atoms with Crippen molar-refractivity contribution in [3.8, 4) is 0 Å². The molecule has 0 fully saturated rings. The number of hydrogen-bond donors (Lipinski definition) is 12. The number of nitrogens with one attached hydrogen (secondary N) is 4. The first kappa shape index (κ1) is 94.3. The maximum absolute atomic E-state index is 11.5. The fourth-order valence-electron chi connectivity index (χ4n) is 6.20. The predicted octanol–water partition coefficient (Wildman–Crippen LogP) is 7.30. The van der Waals surface area contributed by atoms with Gasteiger partial charge in [-0.2, -0.15) is 23.5 Å². The minimum Gasteiger partial charge on any atom is -0.481 e. The molecule has 15 N–H and O–H groups in total. The first-order chi connectivity index (χ1) is 39.7. The molecule has 0 aromatic heterocycles. The number of aliphatic carboxylic acids is 3. The first-order valence-corrected chi connectivity index (χ1v) is 31.6. The quantitative estimate of drug-likeness (QED) is 0.0239. The zero-order valence-corrected chi connectivity index (χ0v) is 58.6. The number of carbonyl (C=O) groups excluding carboxylic acids is 6. The van der Waals surface area contributed by atoms with Gasteiger partial charge >= 0.3 is 54.2 Å². The number of nitrogens with two attached hydrogens (primary N) is 3. The van der Waals surface area contributed by atoms with Crippen molar-refractivity contribution in [2.75, 3.05) is 59.5 Å². The second kappa shape index (κ2) is 50.9. The lowest BCUT2D eigenvalue weighted by atomic mass is 9.98. The zero-order valence-electron chi connectivity index (χ0n) is 56.2. The van der Waals surface area contributed by atoms with Gasteiger partial charge in [0, 0.05) is 43.2 Å². The van der Waals surface area contributed by atoms with Gasteiger partial charge in [-0.15, -0.1) is 12.4 Å². The lowest BCUT2D eigenvalue weighted by Gasteiger charge is -2.21. The van der Waals surface area contributed by atoms with Gasteiger partial charge < -0.3 is 92.4 Å². The number of halogens is 1. The molecule has 0 aliphatic carbocycles. The van der Waals surface area contributed by atoms with E-state index in [4.69, 9.17) is 56.6 Å². The molecule has 0 aromatic carbocycles. The Morgan fingerprint density at radius 2 is 0.705 bits per heavy atom. The average Bonchev–Trinajstić information content (AvgIpc) is 3.57. The Balaban J connectivity index is -0.000000241. The van der Waals surface area contributed by atoms with Crippen molar-refractivity contribution >= 4 is 90.2 Å². The van der Waals surface area contributed by atoms with Gasteiger partial charge in [-0.05, 0) is 166 Å². The summed E-state index contributed by atoms with van der Waals surface area (Å²) >= 11 is 3.19. The summed E-state index contributed by atoms with van der Waals surface area (Å²) < 4.78 is 29.7. The summed E-state index contributed by atoms with van der Waals surface area (Å²) in [5, 5.41) is 55.4.